The fourth-order valence-corrected chi connectivity index (χ4v) is 1.61. The third kappa shape index (κ3) is 12.4. The number of nitrogens with zero attached hydrogens (tertiary/aromatic N) is 1. The number of carbonyl (C=O) groups is 1. The molecule has 5 nitrogen and oxygen atoms in total. The molecule has 0 radical (unpaired) electrons. The molecular formula is C15H33IN4OS. The second-order valence-electron chi connectivity index (χ2n) is 5.71. The van der Waals surface area contributed by atoms with Gasteiger partial charge in [-0.05, 0) is 40.4 Å². The fraction of sp³-hybridized carbons (Fsp3) is 0.867. The van der Waals surface area contributed by atoms with Gasteiger partial charge in [-0.2, -0.15) is 11.8 Å². The Morgan fingerprint density at radius 1 is 1.27 bits per heavy atom. The fourth-order valence-electron chi connectivity index (χ4n) is 1.42. The van der Waals surface area contributed by atoms with Gasteiger partial charge < -0.3 is 16.0 Å². The first-order valence-corrected chi connectivity index (χ1v) is 8.93. The van der Waals surface area contributed by atoms with Gasteiger partial charge >= 0.3 is 0 Å². The van der Waals surface area contributed by atoms with Crippen LogP contribution in [-0.4, -0.2) is 48.5 Å². The van der Waals surface area contributed by atoms with Crippen LogP contribution in [0.2, 0.25) is 0 Å². The zero-order valence-corrected chi connectivity index (χ0v) is 17.9. The summed E-state index contributed by atoms with van der Waals surface area (Å²) in [6.07, 6.45) is 3.50. The second-order valence-corrected chi connectivity index (χ2v) is 7.23. The van der Waals surface area contributed by atoms with Gasteiger partial charge in [0.05, 0.1) is 6.54 Å². The standard InChI is InChI=1S/C15H32N4OS.HI/c1-7-12(3)19-13(20)9-10-17-14(16-8-2)18-11-15(4,5)21-6;/h12H,7-11H2,1-6H3,(H,19,20)(H2,16,17,18);1H. The number of rotatable bonds is 9. The van der Waals surface area contributed by atoms with E-state index >= 15 is 0 Å². The highest BCUT2D eigenvalue weighted by atomic mass is 127. The van der Waals surface area contributed by atoms with Gasteiger partial charge in [0.15, 0.2) is 5.96 Å². The highest BCUT2D eigenvalue weighted by Gasteiger charge is 2.15. The van der Waals surface area contributed by atoms with Crippen LogP contribution in [0, 0.1) is 0 Å². The largest absolute Gasteiger partial charge is 0.357 e. The average Bonchev–Trinajstić information content (AvgIpc) is 2.44. The molecule has 1 unspecified atom stereocenters. The van der Waals surface area contributed by atoms with Crippen LogP contribution >= 0.6 is 35.7 Å². The van der Waals surface area contributed by atoms with Crippen LogP contribution in [0.5, 0.6) is 0 Å². The Labute approximate surface area is 157 Å². The van der Waals surface area contributed by atoms with Crippen molar-refractivity contribution in [2.75, 3.05) is 25.9 Å². The van der Waals surface area contributed by atoms with Crippen molar-refractivity contribution in [3.63, 3.8) is 0 Å². The summed E-state index contributed by atoms with van der Waals surface area (Å²) >= 11 is 1.80. The van der Waals surface area contributed by atoms with Crippen molar-refractivity contribution in [3.05, 3.63) is 0 Å². The molecule has 0 saturated carbocycles. The molecular weight excluding hydrogens is 411 g/mol. The zero-order valence-electron chi connectivity index (χ0n) is 14.8. The van der Waals surface area contributed by atoms with Crippen molar-refractivity contribution >= 4 is 47.6 Å². The Hall–Kier alpha value is -0.180. The van der Waals surface area contributed by atoms with Gasteiger partial charge in [0.1, 0.15) is 0 Å². The van der Waals surface area contributed by atoms with Crippen LogP contribution < -0.4 is 16.0 Å². The van der Waals surface area contributed by atoms with E-state index in [0.717, 1.165) is 25.5 Å². The lowest BCUT2D eigenvalue weighted by Crippen LogP contribution is -2.41. The van der Waals surface area contributed by atoms with E-state index in [1.165, 1.54) is 0 Å². The molecule has 0 aromatic heterocycles. The molecule has 132 valence electrons. The van der Waals surface area contributed by atoms with Crippen LogP contribution in [0.25, 0.3) is 0 Å². The molecule has 0 heterocycles. The summed E-state index contributed by atoms with van der Waals surface area (Å²) in [5.74, 6) is 0.855. The first-order chi connectivity index (χ1) is 9.84. The van der Waals surface area contributed by atoms with E-state index in [2.05, 4.69) is 48.0 Å². The van der Waals surface area contributed by atoms with Gasteiger partial charge in [-0.1, -0.05) is 6.92 Å². The molecule has 0 aliphatic rings. The van der Waals surface area contributed by atoms with E-state index in [1.807, 2.05) is 13.8 Å². The van der Waals surface area contributed by atoms with Crippen molar-refractivity contribution in [1.82, 2.24) is 16.0 Å². The van der Waals surface area contributed by atoms with Crippen LogP contribution in [0.1, 0.15) is 47.5 Å². The Morgan fingerprint density at radius 3 is 2.41 bits per heavy atom. The molecule has 3 N–H and O–H groups in total. The Kier molecular flexibility index (Phi) is 14.5. The molecule has 0 spiro atoms. The smallest absolute Gasteiger partial charge is 0.221 e. The minimum absolute atomic E-state index is 0. The second kappa shape index (κ2) is 13.3. The maximum Gasteiger partial charge on any atom is 0.221 e. The quantitative estimate of drug-likeness (QED) is 0.291. The van der Waals surface area contributed by atoms with E-state index in [0.29, 0.717) is 13.0 Å². The number of nitrogens with one attached hydrogen (secondary N) is 3. The van der Waals surface area contributed by atoms with Crippen molar-refractivity contribution in [1.29, 1.82) is 0 Å². The third-order valence-corrected chi connectivity index (χ3v) is 4.41. The molecule has 0 aromatic rings. The van der Waals surface area contributed by atoms with Gasteiger partial charge in [0, 0.05) is 30.3 Å². The molecule has 22 heavy (non-hydrogen) atoms. The van der Waals surface area contributed by atoms with Crippen molar-refractivity contribution < 1.29 is 4.79 Å². The van der Waals surface area contributed by atoms with E-state index < -0.39 is 0 Å². The van der Waals surface area contributed by atoms with Gasteiger partial charge in [-0.3, -0.25) is 9.79 Å². The molecule has 0 fully saturated rings. The minimum atomic E-state index is 0. The maximum atomic E-state index is 11.7. The predicted molar refractivity (Wildman–Crippen MR) is 110 cm³/mol. The lowest BCUT2D eigenvalue weighted by atomic mass is 10.2. The van der Waals surface area contributed by atoms with Crippen LogP contribution in [0.15, 0.2) is 4.99 Å². The molecule has 0 aliphatic carbocycles. The van der Waals surface area contributed by atoms with Crippen molar-refractivity contribution in [2.45, 2.75) is 58.2 Å². The van der Waals surface area contributed by atoms with Crippen molar-refractivity contribution in [2.24, 2.45) is 4.99 Å². The molecule has 1 amide bonds. The van der Waals surface area contributed by atoms with Gasteiger partial charge in [0.25, 0.3) is 0 Å². The first-order valence-electron chi connectivity index (χ1n) is 7.71. The highest BCUT2D eigenvalue weighted by molar-refractivity contribution is 14.0. The van der Waals surface area contributed by atoms with E-state index in [9.17, 15) is 4.79 Å². The summed E-state index contributed by atoms with van der Waals surface area (Å²) in [7, 11) is 0. The number of halogens is 1. The number of hydrogen-bond acceptors (Lipinski definition) is 3. The number of aliphatic imine (C=N–C) groups is 1. The number of guanidine groups is 1. The molecule has 0 rings (SSSR count). The van der Waals surface area contributed by atoms with Crippen LogP contribution in [0.3, 0.4) is 0 Å². The normalized spacial score (nSPS) is 13.1. The molecule has 7 heteroatoms. The summed E-state index contributed by atoms with van der Waals surface area (Å²) < 4.78 is 0.121. The number of thioether (sulfide) groups is 1. The van der Waals surface area contributed by atoms with Gasteiger partial charge in [-0.15, -0.1) is 24.0 Å². The van der Waals surface area contributed by atoms with Crippen LogP contribution in [0.4, 0.5) is 0 Å². The summed E-state index contributed by atoms with van der Waals surface area (Å²) in [4.78, 5) is 16.3. The van der Waals surface area contributed by atoms with Crippen molar-refractivity contribution in [3.8, 4) is 0 Å². The summed E-state index contributed by atoms with van der Waals surface area (Å²) in [6, 6.07) is 0.238. The first kappa shape index (κ1) is 24.1. The predicted octanol–water partition coefficient (Wildman–Crippen LogP) is 2.61. The summed E-state index contributed by atoms with van der Waals surface area (Å²) in [5.41, 5.74) is 0. The monoisotopic (exact) mass is 444 g/mol. The topological polar surface area (TPSA) is 65.5 Å². The SMILES string of the molecule is CCNC(=NCC(C)(C)SC)NCCC(=O)NC(C)CC.I. The zero-order chi connectivity index (χ0) is 16.3. The summed E-state index contributed by atoms with van der Waals surface area (Å²) in [5, 5.41) is 9.37. The molecule has 1 atom stereocenters. The highest BCUT2D eigenvalue weighted by Crippen LogP contribution is 2.20. The Morgan fingerprint density at radius 2 is 1.91 bits per heavy atom. The lowest BCUT2D eigenvalue weighted by molar-refractivity contribution is -0.121. The molecule has 0 aliphatic heterocycles. The lowest BCUT2D eigenvalue weighted by Gasteiger charge is -2.20. The Balaban J connectivity index is 0. The third-order valence-electron chi connectivity index (χ3n) is 3.18. The van der Waals surface area contributed by atoms with E-state index in [-0.39, 0.29) is 40.7 Å². The van der Waals surface area contributed by atoms with E-state index in [1.54, 1.807) is 11.8 Å². The minimum Gasteiger partial charge on any atom is -0.357 e. The summed E-state index contributed by atoms with van der Waals surface area (Å²) in [6.45, 7) is 12.6. The number of amides is 1. The van der Waals surface area contributed by atoms with E-state index in [4.69, 9.17) is 0 Å². The maximum absolute atomic E-state index is 11.7. The molecule has 0 bridgehead atoms. The number of hydrogen-bond donors (Lipinski definition) is 3. The van der Waals surface area contributed by atoms with Gasteiger partial charge in [0.2, 0.25) is 5.91 Å². The molecule has 0 saturated heterocycles. The van der Waals surface area contributed by atoms with Gasteiger partial charge in [-0.25, -0.2) is 0 Å². The average molecular weight is 444 g/mol. The Bertz CT molecular complexity index is 338. The number of carbonyl (C=O) groups excluding carboxylic acids is 1. The van der Waals surface area contributed by atoms with Crippen LogP contribution in [-0.2, 0) is 4.79 Å². The molecule has 0 aromatic carbocycles.